The smallest absolute Gasteiger partial charge is 0.393 e. The molecular weight excluding hydrogens is 377 g/mol. The SMILES string of the molecule is C[C@]12CC[C@H]3[C@@H](CC=C4C[C@@H](O)CC[C@@]43C)[C@@H]1CC[C@H]2c1cc(C(F)(F)F)n[nH]1. The summed E-state index contributed by atoms with van der Waals surface area (Å²) in [5, 5.41) is 16.4. The number of hydrogen-bond donors (Lipinski definition) is 2. The van der Waals surface area contributed by atoms with E-state index in [1.54, 1.807) is 0 Å². The quantitative estimate of drug-likeness (QED) is 0.574. The number of nitrogens with zero attached hydrogens (tertiary/aromatic N) is 1. The van der Waals surface area contributed by atoms with Crippen molar-refractivity contribution in [3.05, 3.63) is 29.1 Å². The second-order valence-electron chi connectivity index (χ2n) is 10.5. The van der Waals surface area contributed by atoms with E-state index in [1.807, 2.05) is 0 Å². The zero-order valence-electron chi connectivity index (χ0n) is 17.2. The van der Waals surface area contributed by atoms with Crippen LogP contribution in [0.1, 0.15) is 82.5 Å². The highest BCUT2D eigenvalue weighted by Crippen LogP contribution is 2.67. The first-order chi connectivity index (χ1) is 13.6. The zero-order chi connectivity index (χ0) is 20.6. The molecule has 4 aliphatic carbocycles. The third kappa shape index (κ3) is 2.84. The minimum atomic E-state index is -4.39. The molecule has 7 atom stereocenters. The van der Waals surface area contributed by atoms with Crippen LogP contribution in [0.2, 0.25) is 0 Å². The number of alkyl halides is 3. The van der Waals surface area contributed by atoms with E-state index < -0.39 is 11.9 Å². The van der Waals surface area contributed by atoms with Gasteiger partial charge in [0.2, 0.25) is 0 Å². The van der Waals surface area contributed by atoms with E-state index in [2.05, 4.69) is 30.1 Å². The van der Waals surface area contributed by atoms with Crippen molar-refractivity contribution in [1.29, 1.82) is 0 Å². The Morgan fingerprint density at radius 3 is 2.62 bits per heavy atom. The second kappa shape index (κ2) is 6.35. The lowest BCUT2D eigenvalue weighted by atomic mass is 9.47. The summed E-state index contributed by atoms with van der Waals surface area (Å²) < 4.78 is 39.2. The summed E-state index contributed by atoms with van der Waals surface area (Å²) in [4.78, 5) is 0. The number of H-pyrrole nitrogens is 1. The summed E-state index contributed by atoms with van der Waals surface area (Å²) in [6, 6.07) is 1.24. The van der Waals surface area contributed by atoms with Gasteiger partial charge in [-0.25, -0.2) is 0 Å². The molecule has 0 amide bonds. The van der Waals surface area contributed by atoms with Crippen molar-refractivity contribution in [3.63, 3.8) is 0 Å². The third-order valence-electron chi connectivity index (χ3n) is 9.34. The van der Waals surface area contributed by atoms with Crippen LogP contribution < -0.4 is 0 Å². The Kier molecular flexibility index (Phi) is 4.30. The van der Waals surface area contributed by atoms with E-state index in [0.29, 0.717) is 23.4 Å². The maximum absolute atomic E-state index is 13.1. The summed E-state index contributed by atoms with van der Waals surface area (Å²) >= 11 is 0. The van der Waals surface area contributed by atoms with Crippen molar-refractivity contribution in [2.75, 3.05) is 0 Å². The molecule has 29 heavy (non-hydrogen) atoms. The van der Waals surface area contributed by atoms with E-state index in [4.69, 9.17) is 0 Å². The molecule has 4 aliphatic rings. The minimum Gasteiger partial charge on any atom is -0.393 e. The molecule has 0 unspecified atom stereocenters. The number of aliphatic hydroxyl groups is 1. The number of aromatic nitrogens is 2. The van der Waals surface area contributed by atoms with E-state index >= 15 is 0 Å². The Bertz CT molecular complexity index is 830. The lowest BCUT2D eigenvalue weighted by molar-refractivity contribution is -0.141. The highest BCUT2D eigenvalue weighted by Gasteiger charge is 2.59. The van der Waals surface area contributed by atoms with Crippen LogP contribution >= 0.6 is 0 Å². The molecule has 6 heteroatoms. The average molecular weight is 409 g/mol. The molecular formula is C23H31F3N2O. The number of hydrogen-bond acceptors (Lipinski definition) is 2. The Balaban J connectivity index is 1.43. The van der Waals surface area contributed by atoms with Gasteiger partial charge in [-0.1, -0.05) is 25.5 Å². The van der Waals surface area contributed by atoms with Gasteiger partial charge in [0.1, 0.15) is 0 Å². The lowest BCUT2D eigenvalue weighted by Crippen LogP contribution is -2.50. The van der Waals surface area contributed by atoms with Crippen LogP contribution in [0.3, 0.4) is 0 Å². The van der Waals surface area contributed by atoms with Crippen LogP contribution in [-0.4, -0.2) is 21.4 Å². The van der Waals surface area contributed by atoms with Gasteiger partial charge in [0, 0.05) is 11.6 Å². The molecule has 3 nitrogen and oxygen atoms in total. The van der Waals surface area contributed by atoms with Gasteiger partial charge >= 0.3 is 6.18 Å². The summed E-state index contributed by atoms with van der Waals surface area (Å²) in [6.45, 7) is 4.72. The fraction of sp³-hybridized carbons (Fsp3) is 0.783. The number of rotatable bonds is 1. The molecule has 0 aromatic carbocycles. The first-order valence-corrected chi connectivity index (χ1v) is 11.1. The molecule has 1 heterocycles. The molecule has 5 rings (SSSR count). The van der Waals surface area contributed by atoms with Crippen LogP contribution in [0.4, 0.5) is 13.2 Å². The maximum Gasteiger partial charge on any atom is 0.435 e. The van der Waals surface area contributed by atoms with Gasteiger partial charge in [-0.2, -0.15) is 18.3 Å². The van der Waals surface area contributed by atoms with Crippen LogP contribution in [0, 0.1) is 28.6 Å². The van der Waals surface area contributed by atoms with Gasteiger partial charge in [-0.15, -0.1) is 0 Å². The number of halogens is 3. The normalized spacial score (nSPS) is 44.6. The van der Waals surface area contributed by atoms with Crippen molar-refractivity contribution in [3.8, 4) is 0 Å². The molecule has 0 saturated heterocycles. The second-order valence-corrected chi connectivity index (χ2v) is 10.5. The van der Waals surface area contributed by atoms with Crippen LogP contribution in [0.15, 0.2) is 17.7 Å². The largest absolute Gasteiger partial charge is 0.435 e. The van der Waals surface area contributed by atoms with Crippen LogP contribution in [0.25, 0.3) is 0 Å². The fourth-order valence-corrected chi connectivity index (χ4v) is 7.81. The number of aliphatic hydroxyl groups excluding tert-OH is 1. The minimum absolute atomic E-state index is 0.0342. The first kappa shape index (κ1) is 19.7. The molecule has 0 bridgehead atoms. The molecule has 2 N–H and O–H groups in total. The molecule has 0 spiro atoms. The first-order valence-electron chi connectivity index (χ1n) is 11.1. The van der Waals surface area contributed by atoms with E-state index in [9.17, 15) is 18.3 Å². The Labute approximate surface area is 170 Å². The lowest BCUT2D eigenvalue weighted by Gasteiger charge is -2.58. The van der Waals surface area contributed by atoms with Crippen molar-refractivity contribution in [2.24, 2.45) is 28.6 Å². The zero-order valence-corrected chi connectivity index (χ0v) is 17.2. The maximum atomic E-state index is 13.1. The summed E-state index contributed by atoms with van der Waals surface area (Å²) in [5.74, 6) is 1.92. The van der Waals surface area contributed by atoms with Crippen molar-refractivity contribution in [1.82, 2.24) is 10.2 Å². The van der Waals surface area contributed by atoms with Crippen molar-refractivity contribution >= 4 is 0 Å². The van der Waals surface area contributed by atoms with E-state index in [-0.39, 0.29) is 22.9 Å². The molecule has 1 aromatic heterocycles. The summed E-state index contributed by atoms with van der Waals surface area (Å²) in [6.07, 6.45) is 5.87. The van der Waals surface area contributed by atoms with Gasteiger partial charge in [-0.05, 0) is 86.0 Å². The molecule has 3 saturated carbocycles. The Morgan fingerprint density at radius 2 is 1.90 bits per heavy atom. The number of nitrogens with one attached hydrogen (secondary N) is 1. The van der Waals surface area contributed by atoms with Gasteiger partial charge in [0.05, 0.1) is 6.10 Å². The molecule has 0 aliphatic heterocycles. The Hall–Kier alpha value is -1.30. The van der Waals surface area contributed by atoms with Crippen LogP contribution in [-0.2, 0) is 6.18 Å². The Morgan fingerprint density at radius 1 is 1.10 bits per heavy atom. The van der Waals surface area contributed by atoms with E-state index in [0.717, 1.165) is 51.4 Å². The van der Waals surface area contributed by atoms with Gasteiger partial charge in [0.25, 0.3) is 0 Å². The standard InChI is InChI=1S/C23H31F3N2O/c1-21-9-7-14(29)11-13(21)3-4-15-16-5-6-18(22(16,2)10-8-17(15)21)19-12-20(28-27-19)23(24,25)26/h3,12,14-18,29H,4-11H2,1-2H3,(H,27,28)/t14-,15-,16-,17-,18-,21-,22-/m0/s1. The molecule has 3 fully saturated rings. The van der Waals surface area contributed by atoms with Crippen molar-refractivity contribution < 1.29 is 18.3 Å². The van der Waals surface area contributed by atoms with Gasteiger partial charge in [-0.3, -0.25) is 5.10 Å². The molecule has 1 aromatic rings. The summed E-state index contributed by atoms with van der Waals surface area (Å²) in [7, 11) is 0. The number of aromatic amines is 1. The molecule has 160 valence electrons. The van der Waals surface area contributed by atoms with Gasteiger partial charge < -0.3 is 5.11 Å². The summed E-state index contributed by atoms with van der Waals surface area (Å²) in [5.41, 5.74) is 1.55. The topological polar surface area (TPSA) is 48.9 Å². The predicted molar refractivity (Wildman–Crippen MR) is 104 cm³/mol. The van der Waals surface area contributed by atoms with E-state index in [1.165, 1.54) is 11.6 Å². The average Bonchev–Trinajstić information content (AvgIpc) is 3.26. The molecule has 0 radical (unpaired) electrons. The predicted octanol–water partition coefficient (Wildman–Crippen LogP) is 5.84. The van der Waals surface area contributed by atoms with Gasteiger partial charge in [0.15, 0.2) is 5.69 Å². The van der Waals surface area contributed by atoms with Crippen LogP contribution in [0.5, 0.6) is 0 Å². The number of fused-ring (bicyclic) bond motifs is 5. The third-order valence-corrected chi connectivity index (χ3v) is 9.34. The monoisotopic (exact) mass is 408 g/mol. The number of allylic oxidation sites excluding steroid dienone is 1. The highest BCUT2D eigenvalue weighted by atomic mass is 19.4. The fourth-order valence-electron chi connectivity index (χ4n) is 7.81. The van der Waals surface area contributed by atoms with Crippen molar-refractivity contribution in [2.45, 2.75) is 83.4 Å². The highest BCUT2D eigenvalue weighted by molar-refractivity contribution is 5.27.